The molecule has 1 fully saturated rings. The normalized spacial score (nSPS) is 18.8. The topological polar surface area (TPSA) is 120 Å². The van der Waals surface area contributed by atoms with Gasteiger partial charge in [0, 0.05) is 37.8 Å². The fourth-order valence-electron chi connectivity index (χ4n) is 3.76. The molecule has 0 bridgehead atoms. The zero-order chi connectivity index (χ0) is 23.0. The van der Waals surface area contributed by atoms with Crippen molar-refractivity contribution in [2.45, 2.75) is 24.8 Å². The lowest BCUT2D eigenvalue weighted by atomic mass is 10.1. The Morgan fingerprint density at radius 2 is 1.81 bits per heavy atom. The Labute approximate surface area is 186 Å². The van der Waals surface area contributed by atoms with E-state index in [2.05, 4.69) is 5.32 Å². The van der Waals surface area contributed by atoms with E-state index in [1.807, 2.05) is 6.07 Å². The van der Waals surface area contributed by atoms with Gasteiger partial charge in [-0.05, 0) is 49.7 Å². The van der Waals surface area contributed by atoms with Gasteiger partial charge >= 0.3 is 0 Å². The maximum absolute atomic E-state index is 13.3. The number of ether oxygens (including phenoxy) is 1. The molecule has 2 amide bonds. The maximum atomic E-state index is 13.3. The lowest BCUT2D eigenvalue weighted by Gasteiger charge is -2.34. The fraction of sp³-hybridized carbons (Fsp3) is 0.318. The third kappa shape index (κ3) is 3.92. The van der Waals surface area contributed by atoms with Crippen molar-refractivity contribution < 1.29 is 22.7 Å². The molecular weight excluding hydrogens is 432 g/mol. The van der Waals surface area contributed by atoms with Gasteiger partial charge in [0.2, 0.25) is 10.0 Å². The third-order valence-electron chi connectivity index (χ3n) is 5.61. The predicted octanol–water partition coefficient (Wildman–Crippen LogP) is 1.73. The SMILES string of the molecule is Cc1cc2c(cc1S(=O)(=O)N1CCN(C(=O)c3ccc(C#N)cc3)CC1)O[C@@H](C)C(=O)N2. The van der Waals surface area contributed by atoms with E-state index in [1.54, 1.807) is 49.1 Å². The summed E-state index contributed by atoms with van der Waals surface area (Å²) in [6.45, 7) is 4.10. The van der Waals surface area contributed by atoms with E-state index >= 15 is 0 Å². The van der Waals surface area contributed by atoms with Gasteiger partial charge in [-0.15, -0.1) is 0 Å². The highest BCUT2D eigenvalue weighted by Gasteiger charge is 2.33. The van der Waals surface area contributed by atoms with Gasteiger partial charge in [0.15, 0.2) is 6.10 Å². The molecule has 0 spiro atoms. The molecule has 0 saturated carbocycles. The van der Waals surface area contributed by atoms with Gasteiger partial charge in [0.25, 0.3) is 11.8 Å². The Morgan fingerprint density at radius 3 is 2.44 bits per heavy atom. The van der Waals surface area contributed by atoms with Crippen molar-refractivity contribution in [1.82, 2.24) is 9.21 Å². The minimum absolute atomic E-state index is 0.117. The zero-order valence-corrected chi connectivity index (χ0v) is 18.5. The molecule has 0 aromatic heterocycles. The summed E-state index contributed by atoms with van der Waals surface area (Å²) in [6, 6.07) is 11.4. The number of hydrogen-bond donors (Lipinski definition) is 1. The largest absolute Gasteiger partial charge is 0.479 e. The van der Waals surface area contributed by atoms with Crippen molar-refractivity contribution in [2.24, 2.45) is 0 Å². The quantitative estimate of drug-likeness (QED) is 0.754. The molecule has 10 heteroatoms. The number of carbonyl (C=O) groups excluding carboxylic acids is 2. The van der Waals surface area contributed by atoms with Crippen molar-refractivity contribution in [2.75, 3.05) is 31.5 Å². The Balaban J connectivity index is 1.49. The lowest BCUT2D eigenvalue weighted by Crippen LogP contribution is -2.50. The average molecular weight is 455 g/mol. The molecule has 4 rings (SSSR count). The average Bonchev–Trinajstić information content (AvgIpc) is 2.79. The molecule has 0 unspecified atom stereocenters. The second kappa shape index (κ2) is 8.26. The molecule has 1 saturated heterocycles. The molecule has 166 valence electrons. The molecule has 0 radical (unpaired) electrons. The summed E-state index contributed by atoms with van der Waals surface area (Å²) >= 11 is 0. The summed E-state index contributed by atoms with van der Waals surface area (Å²) in [4.78, 5) is 26.3. The van der Waals surface area contributed by atoms with E-state index in [-0.39, 0.29) is 42.9 Å². The van der Waals surface area contributed by atoms with E-state index in [9.17, 15) is 18.0 Å². The number of nitrogens with zero attached hydrogens (tertiary/aromatic N) is 3. The van der Waals surface area contributed by atoms with Crippen LogP contribution in [0.4, 0.5) is 5.69 Å². The summed E-state index contributed by atoms with van der Waals surface area (Å²) < 4.78 is 33.5. The maximum Gasteiger partial charge on any atom is 0.265 e. The summed E-state index contributed by atoms with van der Waals surface area (Å²) in [5.41, 5.74) is 1.87. The number of anilines is 1. The van der Waals surface area contributed by atoms with E-state index < -0.39 is 16.1 Å². The summed E-state index contributed by atoms with van der Waals surface area (Å²) in [5.74, 6) is -0.166. The van der Waals surface area contributed by atoms with Crippen LogP contribution >= 0.6 is 0 Å². The highest BCUT2D eigenvalue weighted by atomic mass is 32.2. The molecule has 32 heavy (non-hydrogen) atoms. The van der Waals surface area contributed by atoms with Gasteiger partial charge in [-0.1, -0.05) is 0 Å². The van der Waals surface area contributed by atoms with Crippen molar-refractivity contribution in [3.8, 4) is 11.8 Å². The fourth-order valence-corrected chi connectivity index (χ4v) is 5.41. The molecule has 1 atom stereocenters. The van der Waals surface area contributed by atoms with Crippen molar-refractivity contribution in [1.29, 1.82) is 5.26 Å². The van der Waals surface area contributed by atoms with Crippen LogP contribution in [-0.2, 0) is 14.8 Å². The second-order valence-corrected chi connectivity index (χ2v) is 9.65. The van der Waals surface area contributed by atoms with Gasteiger partial charge in [0.1, 0.15) is 5.75 Å². The van der Waals surface area contributed by atoms with E-state index in [4.69, 9.17) is 10.00 Å². The van der Waals surface area contributed by atoms with Crippen LogP contribution in [-0.4, -0.2) is 61.7 Å². The van der Waals surface area contributed by atoms with Gasteiger partial charge in [-0.3, -0.25) is 9.59 Å². The molecule has 2 aromatic rings. The van der Waals surface area contributed by atoms with Crippen LogP contribution < -0.4 is 10.1 Å². The summed E-state index contributed by atoms with van der Waals surface area (Å²) in [5, 5.41) is 11.6. The first-order valence-corrected chi connectivity index (χ1v) is 11.6. The van der Waals surface area contributed by atoms with Crippen LogP contribution in [0, 0.1) is 18.3 Å². The number of amides is 2. The number of nitrogens with one attached hydrogen (secondary N) is 1. The van der Waals surface area contributed by atoms with E-state index in [0.717, 1.165) is 0 Å². The number of carbonyl (C=O) groups is 2. The molecule has 2 aromatic carbocycles. The Kier molecular flexibility index (Phi) is 5.62. The van der Waals surface area contributed by atoms with E-state index in [0.29, 0.717) is 28.1 Å². The predicted molar refractivity (Wildman–Crippen MR) is 116 cm³/mol. The number of sulfonamides is 1. The number of rotatable bonds is 3. The summed E-state index contributed by atoms with van der Waals surface area (Å²) in [6.07, 6.45) is -0.711. The molecule has 2 heterocycles. The van der Waals surface area contributed by atoms with Gasteiger partial charge in [-0.25, -0.2) is 8.42 Å². The van der Waals surface area contributed by atoms with Crippen molar-refractivity contribution >= 4 is 27.5 Å². The lowest BCUT2D eigenvalue weighted by molar-refractivity contribution is -0.122. The number of nitriles is 1. The molecular formula is C22H22N4O5S. The third-order valence-corrected chi connectivity index (χ3v) is 7.65. The zero-order valence-electron chi connectivity index (χ0n) is 17.7. The number of aryl methyl sites for hydroxylation is 1. The van der Waals surface area contributed by atoms with Gasteiger partial charge < -0.3 is 15.0 Å². The minimum atomic E-state index is -3.81. The van der Waals surface area contributed by atoms with Crippen LogP contribution in [0.2, 0.25) is 0 Å². The number of benzene rings is 2. The smallest absolute Gasteiger partial charge is 0.265 e. The Hall–Kier alpha value is -3.42. The van der Waals surface area contributed by atoms with Crippen LogP contribution in [0.25, 0.3) is 0 Å². The van der Waals surface area contributed by atoms with Crippen molar-refractivity contribution in [3.63, 3.8) is 0 Å². The monoisotopic (exact) mass is 454 g/mol. The molecule has 9 nitrogen and oxygen atoms in total. The van der Waals surface area contributed by atoms with Crippen LogP contribution in [0.15, 0.2) is 41.3 Å². The first-order valence-electron chi connectivity index (χ1n) is 10.1. The second-order valence-electron chi connectivity index (χ2n) is 7.75. The summed E-state index contributed by atoms with van der Waals surface area (Å²) in [7, 11) is -3.81. The van der Waals surface area contributed by atoms with Gasteiger partial charge in [-0.2, -0.15) is 9.57 Å². The Morgan fingerprint density at radius 1 is 1.16 bits per heavy atom. The number of fused-ring (bicyclic) bond motifs is 1. The molecule has 1 N–H and O–H groups in total. The standard InChI is InChI=1S/C22H22N4O5S/c1-14-11-18-19(31-15(2)21(27)24-18)12-20(14)32(29,30)26-9-7-25(8-10-26)22(28)17-5-3-16(13-23)4-6-17/h3-6,11-12,15H,7-10H2,1-2H3,(H,24,27)/t15-/m0/s1. The highest BCUT2D eigenvalue weighted by molar-refractivity contribution is 7.89. The number of piperazine rings is 1. The van der Waals surface area contributed by atoms with Crippen LogP contribution in [0.3, 0.4) is 0 Å². The van der Waals surface area contributed by atoms with Crippen LogP contribution in [0.5, 0.6) is 5.75 Å². The highest BCUT2D eigenvalue weighted by Crippen LogP contribution is 2.35. The Bertz CT molecular complexity index is 1230. The van der Waals surface area contributed by atoms with E-state index in [1.165, 1.54) is 10.4 Å². The van der Waals surface area contributed by atoms with Crippen molar-refractivity contribution in [3.05, 3.63) is 53.1 Å². The molecule has 2 aliphatic rings. The molecule has 0 aliphatic carbocycles. The molecule has 2 aliphatic heterocycles. The van der Waals surface area contributed by atoms with Crippen LogP contribution in [0.1, 0.15) is 28.4 Å². The minimum Gasteiger partial charge on any atom is -0.479 e. The first kappa shape index (κ1) is 21.8. The first-order chi connectivity index (χ1) is 15.2. The van der Waals surface area contributed by atoms with Gasteiger partial charge in [0.05, 0.1) is 22.2 Å². The number of hydrogen-bond acceptors (Lipinski definition) is 6.